The van der Waals surface area contributed by atoms with Crippen molar-refractivity contribution < 1.29 is 18.0 Å². The molecule has 1 heterocycles. The van der Waals surface area contributed by atoms with Crippen molar-refractivity contribution in [1.29, 1.82) is 0 Å². The highest BCUT2D eigenvalue weighted by Gasteiger charge is 2.62. The van der Waals surface area contributed by atoms with Crippen molar-refractivity contribution >= 4 is 30.5 Å². The molecule has 2 aliphatic rings. The molecule has 1 amide bonds. The van der Waals surface area contributed by atoms with Gasteiger partial charge in [0.2, 0.25) is 5.96 Å². The maximum Gasteiger partial charge on any atom is 0.394 e. The summed E-state index contributed by atoms with van der Waals surface area (Å²) in [5, 5.41) is 3.01. The number of alkyl halides is 3. The van der Waals surface area contributed by atoms with Crippen LogP contribution in [0.25, 0.3) is 0 Å². The van der Waals surface area contributed by atoms with Crippen LogP contribution in [-0.2, 0) is 0 Å². The lowest BCUT2D eigenvalue weighted by molar-refractivity contribution is -0.189. The number of piperidine rings is 1. The van der Waals surface area contributed by atoms with Crippen molar-refractivity contribution in [2.24, 2.45) is 20.5 Å². The topological polar surface area (TPSA) is 83.1 Å². The van der Waals surface area contributed by atoms with E-state index in [1.165, 1.54) is 0 Å². The lowest BCUT2D eigenvalue weighted by atomic mass is 9.99. The predicted molar refractivity (Wildman–Crippen MR) is 113 cm³/mol. The van der Waals surface area contributed by atoms with E-state index in [4.69, 9.17) is 5.73 Å². The Morgan fingerprint density at radius 2 is 2.17 bits per heavy atom. The summed E-state index contributed by atoms with van der Waals surface area (Å²) in [5.74, 6) is -0.160. The summed E-state index contributed by atoms with van der Waals surface area (Å²) in [6.45, 7) is 5.04. The second kappa shape index (κ2) is 9.38. The van der Waals surface area contributed by atoms with E-state index in [9.17, 15) is 18.0 Å². The summed E-state index contributed by atoms with van der Waals surface area (Å²) in [6, 6.07) is 6.89. The molecule has 1 aromatic carbocycles. The van der Waals surface area contributed by atoms with Crippen LogP contribution in [0.3, 0.4) is 0 Å². The van der Waals surface area contributed by atoms with Gasteiger partial charge in [0.15, 0.2) is 0 Å². The minimum absolute atomic E-state index is 0.0515. The van der Waals surface area contributed by atoms with Gasteiger partial charge in [-0.3, -0.25) is 4.79 Å². The highest BCUT2D eigenvalue weighted by molar-refractivity contribution is 7.98. The number of guanidine groups is 1. The third-order valence-corrected chi connectivity index (χ3v) is 6.45. The van der Waals surface area contributed by atoms with E-state index in [1.807, 2.05) is 4.90 Å². The van der Waals surface area contributed by atoms with Gasteiger partial charge in [-0.05, 0) is 70.1 Å². The molecule has 1 aliphatic carbocycles. The van der Waals surface area contributed by atoms with Crippen LogP contribution >= 0.6 is 11.9 Å². The summed E-state index contributed by atoms with van der Waals surface area (Å²) in [5.41, 5.74) is 4.50. The Kier molecular flexibility index (Phi) is 7.07. The van der Waals surface area contributed by atoms with E-state index < -0.39 is 11.6 Å². The maximum absolute atomic E-state index is 13.1. The van der Waals surface area contributed by atoms with Gasteiger partial charge >= 0.3 is 6.18 Å². The molecule has 0 aromatic heterocycles. The van der Waals surface area contributed by atoms with Crippen LogP contribution in [0.2, 0.25) is 0 Å². The number of amides is 1. The lowest BCUT2D eigenvalue weighted by Crippen LogP contribution is -2.48. The van der Waals surface area contributed by atoms with Crippen molar-refractivity contribution in [3.8, 4) is 0 Å². The highest BCUT2D eigenvalue weighted by Crippen LogP contribution is 2.59. The monoisotopic (exact) mass is 441 g/mol. The van der Waals surface area contributed by atoms with Gasteiger partial charge in [-0.25, -0.2) is 4.99 Å². The van der Waals surface area contributed by atoms with Gasteiger partial charge in [-0.2, -0.15) is 17.6 Å². The number of carbonyl (C=O) groups excluding carboxylic acids is 1. The minimum Gasteiger partial charge on any atom is -0.367 e. The SMILES string of the molecule is C=NC(N)=NSc1cccc(C(=O)N[C@H]2CCCN(CCC3(C(F)(F)F)CC3)C2)c1. The molecule has 1 atom stereocenters. The number of aliphatic imine (C=N–C) groups is 1. The quantitative estimate of drug-likeness (QED) is 0.385. The molecule has 1 saturated carbocycles. The molecule has 2 fully saturated rings. The van der Waals surface area contributed by atoms with Gasteiger partial charge in [0.25, 0.3) is 5.91 Å². The molecule has 1 saturated heterocycles. The van der Waals surface area contributed by atoms with Gasteiger partial charge in [-0.1, -0.05) is 6.07 Å². The van der Waals surface area contributed by atoms with Crippen LogP contribution < -0.4 is 11.1 Å². The maximum atomic E-state index is 13.1. The molecule has 0 unspecified atom stereocenters. The number of rotatable bonds is 7. The average Bonchev–Trinajstić information content (AvgIpc) is 3.52. The molecule has 10 heteroatoms. The Morgan fingerprint density at radius 3 is 2.83 bits per heavy atom. The van der Waals surface area contributed by atoms with Crippen LogP contribution in [-0.4, -0.2) is 55.3 Å². The largest absolute Gasteiger partial charge is 0.394 e. The Labute approximate surface area is 178 Å². The zero-order valence-electron chi connectivity index (χ0n) is 16.6. The third kappa shape index (κ3) is 5.75. The number of nitrogens with two attached hydrogens (primary N) is 1. The first-order valence-electron chi connectivity index (χ1n) is 9.90. The van der Waals surface area contributed by atoms with Crippen molar-refractivity contribution in [3.05, 3.63) is 29.8 Å². The number of benzene rings is 1. The van der Waals surface area contributed by atoms with E-state index in [0.29, 0.717) is 18.7 Å². The molecule has 6 nitrogen and oxygen atoms in total. The first kappa shape index (κ1) is 22.6. The standard InChI is InChI=1S/C20H26F3N5OS/c1-25-18(24)27-30-16-6-2-4-14(12-16)17(29)26-15-5-3-10-28(13-15)11-9-19(7-8-19)20(21,22)23/h2,4,6,12,15H,1,3,5,7-11,13H2,(H2,24,27)(H,26,29)/t15-/m0/s1. The minimum atomic E-state index is -4.12. The first-order valence-corrected chi connectivity index (χ1v) is 10.7. The summed E-state index contributed by atoms with van der Waals surface area (Å²) in [4.78, 5) is 18.9. The summed E-state index contributed by atoms with van der Waals surface area (Å²) < 4.78 is 43.4. The molecular weight excluding hydrogens is 415 g/mol. The zero-order valence-corrected chi connectivity index (χ0v) is 17.4. The van der Waals surface area contributed by atoms with E-state index in [2.05, 4.69) is 21.4 Å². The smallest absolute Gasteiger partial charge is 0.367 e. The van der Waals surface area contributed by atoms with Crippen molar-refractivity contribution in [1.82, 2.24) is 10.2 Å². The molecule has 3 N–H and O–H groups in total. The fourth-order valence-corrected chi connectivity index (χ4v) is 4.24. The molecule has 0 radical (unpaired) electrons. The number of halogens is 3. The van der Waals surface area contributed by atoms with Crippen LogP contribution in [0.1, 0.15) is 42.5 Å². The molecule has 1 aromatic rings. The van der Waals surface area contributed by atoms with Crippen LogP contribution in [0.4, 0.5) is 13.2 Å². The van der Waals surface area contributed by atoms with Gasteiger partial charge in [-0.15, -0.1) is 0 Å². The number of nitrogens with zero attached hydrogens (tertiary/aromatic N) is 3. The third-order valence-electron chi connectivity index (χ3n) is 5.71. The Bertz CT molecular complexity index is 810. The molecule has 0 bridgehead atoms. The second-order valence-corrected chi connectivity index (χ2v) is 8.70. The lowest BCUT2D eigenvalue weighted by Gasteiger charge is -2.34. The van der Waals surface area contributed by atoms with Gasteiger partial charge < -0.3 is 16.0 Å². The number of nitrogens with one attached hydrogen (secondary N) is 1. The fourth-order valence-electron chi connectivity index (χ4n) is 3.67. The number of carbonyl (C=O) groups is 1. The van der Waals surface area contributed by atoms with Gasteiger partial charge in [0, 0.05) is 35.0 Å². The van der Waals surface area contributed by atoms with E-state index in [1.54, 1.807) is 24.3 Å². The van der Waals surface area contributed by atoms with Crippen LogP contribution in [0.5, 0.6) is 0 Å². The van der Waals surface area contributed by atoms with Crippen LogP contribution in [0, 0.1) is 5.41 Å². The second-order valence-electron chi connectivity index (χ2n) is 7.87. The molecule has 30 heavy (non-hydrogen) atoms. The highest BCUT2D eigenvalue weighted by atomic mass is 32.2. The molecule has 1 aliphatic heterocycles. The zero-order chi connectivity index (χ0) is 21.8. The van der Waals surface area contributed by atoms with Crippen molar-refractivity contribution in [3.63, 3.8) is 0 Å². The molecule has 3 rings (SSSR count). The number of hydrogen-bond acceptors (Lipinski definition) is 4. The van der Waals surface area contributed by atoms with Gasteiger partial charge in [0.1, 0.15) is 0 Å². The van der Waals surface area contributed by atoms with Crippen molar-refractivity contribution in [2.75, 3.05) is 19.6 Å². The Morgan fingerprint density at radius 1 is 1.40 bits per heavy atom. The normalized spacial score (nSPS) is 21.8. The van der Waals surface area contributed by atoms with Gasteiger partial charge in [0.05, 0.1) is 5.41 Å². The molecule has 164 valence electrons. The summed E-state index contributed by atoms with van der Waals surface area (Å²) in [7, 11) is 0. The fraction of sp³-hybridized carbons (Fsp3) is 0.550. The average molecular weight is 442 g/mol. The summed E-state index contributed by atoms with van der Waals surface area (Å²) in [6.07, 6.45) is -1.85. The van der Waals surface area contributed by atoms with E-state index in [0.717, 1.165) is 36.2 Å². The first-order chi connectivity index (χ1) is 14.2. The van der Waals surface area contributed by atoms with Crippen molar-refractivity contribution in [2.45, 2.75) is 49.2 Å². The van der Waals surface area contributed by atoms with E-state index >= 15 is 0 Å². The molecule has 0 spiro atoms. The predicted octanol–water partition coefficient (Wildman–Crippen LogP) is 3.64. The Balaban J connectivity index is 1.52. The number of likely N-dealkylation sites (tertiary alicyclic amines) is 1. The Hall–Kier alpha value is -2.07. The number of hydrogen-bond donors (Lipinski definition) is 2. The van der Waals surface area contributed by atoms with Crippen LogP contribution in [0.15, 0.2) is 38.6 Å². The van der Waals surface area contributed by atoms with E-state index in [-0.39, 0.29) is 37.2 Å². The molecular formula is C20H26F3N5OS. The summed E-state index contributed by atoms with van der Waals surface area (Å²) >= 11 is 1.10.